The van der Waals surface area contributed by atoms with Crippen LogP contribution in [0.15, 0.2) is 0 Å². The summed E-state index contributed by atoms with van der Waals surface area (Å²) in [5.41, 5.74) is 0. The zero-order chi connectivity index (χ0) is 11.9. The Hall–Kier alpha value is -1.39. The topological polar surface area (TPSA) is 69.7 Å². The van der Waals surface area contributed by atoms with Gasteiger partial charge in [0.05, 0.1) is 26.1 Å². The number of rotatable bonds is 2. The summed E-state index contributed by atoms with van der Waals surface area (Å²) >= 11 is 0. The number of carbonyl (C=O) groups excluding carboxylic acids is 3. The molecular formula is C11H14O5. The Morgan fingerprint density at radius 1 is 1.00 bits per heavy atom. The molecule has 2 fully saturated rings. The fourth-order valence-corrected chi connectivity index (χ4v) is 3.03. The van der Waals surface area contributed by atoms with Crippen LogP contribution in [0.1, 0.15) is 12.8 Å². The lowest BCUT2D eigenvalue weighted by Crippen LogP contribution is -2.36. The molecule has 16 heavy (non-hydrogen) atoms. The predicted molar refractivity (Wildman–Crippen MR) is 52.2 cm³/mol. The van der Waals surface area contributed by atoms with E-state index in [1.807, 2.05) is 0 Å². The predicted octanol–water partition coefficient (Wildman–Crippen LogP) is 0.174. The Kier molecular flexibility index (Phi) is 2.69. The molecule has 0 amide bonds. The lowest BCUT2D eigenvalue weighted by Gasteiger charge is -2.25. The van der Waals surface area contributed by atoms with Crippen molar-refractivity contribution < 1.29 is 23.9 Å². The highest BCUT2D eigenvalue weighted by atomic mass is 16.5. The smallest absolute Gasteiger partial charge is 0.310 e. The van der Waals surface area contributed by atoms with Gasteiger partial charge in [-0.15, -0.1) is 0 Å². The van der Waals surface area contributed by atoms with Crippen molar-refractivity contribution in [2.75, 3.05) is 14.2 Å². The van der Waals surface area contributed by atoms with Crippen molar-refractivity contribution in [1.82, 2.24) is 0 Å². The van der Waals surface area contributed by atoms with Crippen molar-refractivity contribution in [3.8, 4) is 0 Å². The molecule has 0 N–H and O–H groups in total. The lowest BCUT2D eigenvalue weighted by molar-refractivity contribution is -0.160. The van der Waals surface area contributed by atoms with E-state index in [-0.39, 0.29) is 17.6 Å². The van der Waals surface area contributed by atoms with Crippen molar-refractivity contribution >= 4 is 17.7 Å². The quantitative estimate of drug-likeness (QED) is 0.628. The van der Waals surface area contributed by atoms with Crippen LogP contribution in [0.3, 0.4) is 0 Å². The number of fused-ring (bicyclic) bond motifs is 2. The molecule has 0 aliphatic heterocycles. The number of Topliss-reactive ketones (excluding diaryl/α,β-unsaturated/α-hetero) is 1. The lowest BCUT2D eigenvalue weighted by atomic mass is 9.79. The van der Waals surface area contributed by atoms with Gasteiger partial charge in [-0.3, -0.25) is 14.4 Å². The minimum atomic E-state index is -0.635. The number of carbonyl (C=O) groups is 3. The van der Waals surface area contributed by atoms with Gasteiger partial charge in [0.1, 0.15) is 5.78 Å². The van der Waals surface area contributed by atoms with Crippen molar-refractivity contribution in [1.29, 1.82) is 0 Å². The largest absolute Gasteiger partial charge is 0.469 e. The molecule has 0 radical (unpaired) electrons. The molecule has 0 saturated heterocycles. The Labute approximate surface area is 93.1 Å². The Morgan fingerprint density at radius 2 is 1.38 bits per heavy atom. The van der Waals surface area contributed by atoms with Crippen LogP contribution >= 0.6 is 0 Å². The maximum atomic E-state index is 11.8. The van der Waals surface area contributed by atoms with Crippen LogP contribution in [0.4, 0.5) is 0 Å². The summed E-state index contributed by atoms with van der Waals surface area (Å²) in [4.78, 5) is 35.0. The summed E-state index contributed by atoms with van der Waals surface area (Å²) in [7, 11) is 2.54. The third kappa shape index (κ3) is 1.34. The normalized spacial score (nSPS) is 36.2. The van der Waals surface area contributed by atoms with Gasteiger partial charge in [-0.25, -0.2) is 0 Å². The average Bonchev–Trinajstić information content (AvgIpc) is 2.80. The first-order valence-electron chi connectivity index (χ1n) is 5.31. The van der Waals surface area contributed by atoms with Crippen LogP contribution in [0.5, 0.6) is 0 Å². The van der Waals surface area contributed by atoms with Crippen LogP contribution < -0.4 is 0 Å². The first-order chi connectivity index (χ1) is 7.61. The number of hydrogen-bond acceptors (Lipinski definition) is 5. The fourth-order valence-electron chi connectivity index (χ4n) is 3.03. The van der Waals surface area contributed by atoms with Crippen molar-refractivity contribution in [3.05, 3.63) is 0 Å². The zero-order valence-corrected chi connectivity index (χ0v) is 9.26. The van der Waals surface area contributed by atoms with Gasteiger partial charge in [0.15, 0.2) is 0 Å². The molecule has 5 nitrogen and oxygen atoms in total. The molecule has 0 aromatic heterocycles. The van der Waals surface area contributed by atoms with E-state index in [1.165, 1.54) is 14.2 Å². The number of ketones is 1. The van der Waals surface area contributed by atoms with Crippen molar-refractivity contribution in [3.63, 3.8) is 0 Å². The van der Waals surface area contributed by atoms with E-state index in [0.717, 1.165) is 0 Å². The summed E-state index contributed by atoms with van der Waals surface area (Å²) in [5.74, 6) is -2.90. The average molecular weight is 226 g/mol. The first-order valence-corrected chi connectivity index (χ1v) is 5.31. The molecule has 0 heterocycles. The van der Waals surface area contributed by atoms with E-state index < -0.39 is 23.8 Å². The third-order valence-electron chi connectivity index (χ3n) is 3.72. The Bertz CT molecular complexity index is 316. The number of esters is 2. The van der Waals surface area contributed by atoms with Crippen LogP contribution in [0.2, 0.25) is 0 Å². The van der Waals surface area contributed by atoms with E-state index in [9.17, 15) is 14.4 Å². The summed E-state index contributed by atoms with van der Waals surface area (Å²) < 4.78 is 9.32. The molecule has 0 aromatic rings. The molecule has 2 aliphatic rings. The standard InChI is InChI=1S/C11H14O5/c1-15-10(13)7-5-3-4-6(9(5)12)8(7)11(14)16-2/h5-8H,3-4H2,1-2H3/t5-,6+,7-,8+. The maximum Gasteiger partial charge on any atom is 0.310 e. The molecule has 4 atom stereocenters. The molecule has 0 unspecified atom stereocenters. The van der Waals surface area contributed by atoms with Gasteiger partial charge in [-0.1, -0.05) is 0 Å². The van der Waals surface area contributed by atoms with Gasteiger partial charge < -0.3 is 9.47 Å². The number of ether oxygens (including phenoxy) is 2. The Morgan fingerprint density at radius 3 is 1.69 bits per heavy atom. The van der Waals surface area contributed by atoms with Crippen molar-refractivity contribution in [2.24, 2.45) is 23.7 Å². The van der Waals surface area contributed by atoms with Gasteiger partial charge in [0, 0.05) is 11.8 Å². The van der Waals surface area contributed by atoms with E-state index in [1.54, 1.807) is 0 Å². The minimum absolute atomic E-state index is 0.0193. The first kappa shape index (κ1) is 11.1. The van der Waals surface area contributed by atoms with Gasteiger partial charge in [0.2, 0.25) is 0 Å². The van der Waals surface area contributed by atoms with Crippen LogP contribution in [0.25, 0.3) is 0 Å². The van der Waals surface area contributed by atoms with E-state index in [4.69, 9.17) is 0 Å². The molecule has 2 aliphatic carbocycles. The molecule has 88 valence electrons. The minimum Gasteiger partial charge on any atom is -0.469 e. The van der Waals surface area contributed by atoms with Crippen LogP contribution in [0, 0.1) is 23.7 Å². The Balaban J connectivity index is 2.30. The van der Waals surface area contributed by atoms with Crippen LogP contribution in [-0.4, -0.2) is 31.9 Å². The third-order valence-corrected chi connectivity index (χ3v) is 3.72. The molecule has 2 bridgehead atoms. The molecular weight excluding hydrogens is 212 g/mol. The van der Waals surface area contributed by atoms with Crippen molar-refractivity contribution in [2.45, 2.75) is 12.8 Å². The highest BCUT2D eigenvalue weighted by Crippen LogP contribution is 2.50. The van der Waals surface area contributed by atoms with E-state index in [2.05, 4.69) is 9.47 Å². The summed E-state index contributed by atoms with van der Waals surface area (Å²) in [5, 5.41) is 0. The SMILES string of the molecule is COC(=O)[C@@H]1[C@H](C(=O)OC)[C@H]2CC[C@@H]1C2=O. The summed E-state index contributed by atoms with van der Waals surface area (Å²) in [6, 6.07) is 0. The molecule has 5 heteroatoms. The van der Waals surface area contributed by atoms with E-state index in [0.29, 0.717) is 12.8 Å². The highest BCUT2D eigenvalue weighted by Gasteiger charge is 2.60. The van der Waals surface area contributed by atoms with E-state index >= 15 is 0 Å². The van der Waals surface area contributed by atoms with Gasteiger partial charge in [-0.05, 0) is 12.8 Å². The molecule has 0 aromatic carbocycles. The number of methoxy groups -OCH3 is 2. The molecule has 2 rings (SSSR count). The van der Waals surface area contributed by atoms with Gasteiger partial charge in [-0.2, -0.15) is 0 Å². The highest BCUT2D eigenvalue weighted by molar-refractivity contribution is 5.99. The second-order valence-electron chi connectivity index (χ2n) is 4.29. The number of hydrogen-bond donors (Lipinski definition) is 0. The maximum absolute atomic E-state index is 11.8. The van der Waals surface area contributed by atoms with Gasteiger partial charge >= 0.3 is 11.9 Å². The summed E-state index contributed by atoms with van der Waals surface area (Å²) in [6.07, 6.45) is 1.35. The second-order valence-corrected chi connectivity index (χ2v) is 4.29. The second kappa shape index (κ2) is 3.88. The van der Waals surface area contributed by atoms with Gasteiger partial charge in [0.25, 0.3) is 0 Å². The monoisotopic (exact) mass is 226 g/mol. The van der Waals surface area contributed by atoms with Crippen LogP contribution in [-0.2, 0) is 23.9 Å². The molecule has 0 spiro atoms. The zero-order valence-electron chi connectivity index (χ0n) is 9.26. The summed E-state index contributed by atoms with van der Waals surface area (Å²) in [6.45, 7) is 0. The fraction of sp³-hybridized carbons (Fsp3) is 0.727. The molecule has 2 saturated carbocycles.